The molecule has 2 unspecified atom stereocenters. The molecule has 216 valence electrons. The minimum absolute atomic E-state index is 0.0519. The van der Waals surface area contributed by atoms with Crippen LogP contribution in [0.2, 0.25) is 10.2 Å². The lowest BCUT2D eigenvalue weighted by molar-refractivity contribution is -0.152. The number of benzene rings is 1. The molecule has 0 bridgehead atoms. The number of nitrogen functional groups attached to an aromatic ring is 1. The fraction of sp³-hybridized carbons (Fsp3) is 0.500. The average Bonchev–Trinajstić information content (AvgIpc) is 3.08. The third-order valence-corrected chi connectivity index (χ3v) is 8.88. The van der Waals surface area contributed by atoms with E-state index in [1.54, 1.807) is 24.3 Å². The van der Waals surface area contributed by atoms with Crippen molar-refractivity contribution in [3.63, 3.8) is 0 Å². The van der Waals surface area contributed by atoms with Crippen molar-refractivity contribution in [1.82, 2.24) is 9.38 Å². The summed E-state index contributed by atoms with van der Waals surface area (Å²) < 4.78 is 7.35. The number of carbonyl (C=O) groups excluding carboxylic acids is 2. The summed E-state index contributed by atoms with van der Waals surface area (Å²) in [5.41, 5.74) is 10.8. The third kappa shape index (κ3) is 5.36. The van der Waals surface area contributed by atoms with Gasteiger partial charge in [0, 0.05) is 5.02 Å². The standard InChI is InChI=1S/C30H38Cl2N4O4/c1-14-12-17(29(2,3)4)20(18(13-14)30(5,6)7)28(39)40-22-19(15-8-10-16(31)11-9-15)23(32)36-26(22)35-24(33)21(25(34)37)27(36)38/h8-11,14,17-18,20,35H,12-13,33H2,1-7H3,(H2,34,37). The van der Waals surface area contributed by atoms with E-state index in [0.29, 0.717) is 22.1 Å². The molecule has 0 saturated heterocycles. The van der Waals surface area contributed by atoms with Crippen LogP contribution in [0.1, 0.15) is 71.7 Å². The Morgan fingerprint density at radius 1 is 1.00 bits per heavy atom. The van der Waals surface area contributed by atoms with Crippen LogP contribution < -0.4 is 21.8 Å². The smallest absolute Gasteiger partial charge is 0.315 e. The highest BCUT2D eigenvalue weighted by Gasteiger charge is 2.50. The van der Waals surface area contributed by atoms with Gasteiger partial charge < -0.3 is 21.2 Å². The van der Waals surface area contributed by atoms with Gasteiger partial charge in [-0.2, -0.15) is 0 Å². The average molecular weight is 590 g/mol. The maximum absolute atomic E-state index is 14.3. The molecular formula is C30H38Cl2N4O4. The van der Waals surface area contributed by atoms with Crippen LogP contribution in [0.5, 0.6) is 5.75 Å². The van der Waals surface area contributed by atoms with Gasteiger partial charge in [-0.15, -0.1) is 0 Å². The first-order valence-electron chi connectivity index (χ1n) is 13.5. The van der Waals surface area contributed by atoms with Crippen molar-refractivity contribution < 1.29 is 14.3 Å². The molecule has 4 rings (SSSR count). The molecule has 1 aliphatic rings. The molecule has 0 aliphatic heterocycles. The van der Waals surface area contributed by atoms with Crippen molar-refractivity contribution in [2.24, 2.45) is 40.2 Å². The van der Waals surface area contributed by atoms with Crippen LogP contribution in [0.4, 0.5) is 5.82 Å². The molecule has 8 nitrogen and oxygen atoms in total. The summed E-state index contributed by atoms with van der Waals surface area (Å²) in [6, 6.07) is 6.75. The fourth-order valence-electron chi connectivity index (χ4n) is 6.27. The molecule has 1 saturated carbocycles. The number of carbonyl (C=O) groups is 2. The van der Waals surface area contributed by atoms with Crippen LogP contribution in [0, 0.1) is 34.5 Å². The number of aromatic nitrogens is 2. The lowest BCUT2D eigenvalue weighted by Crippen LogP contribution is -2.48. The van der Waals surface area contributed by atoms with Gasteiger partial charge in [0.15, 0.2) is 11.4 Å². The van der Waals surface area contributed by atoms with E-state index in [0.717, 1.165) is 17.2 Å². The van der Waals surface area contributed by atoms with Gasteiger partial charge in [-0.05, 0) is 59.1 Å². The van der Waals surface area contributed by atoms with Crippen molar-refractivity contribution in [2.45, 2.75) is 61.3 Å². The predicted octanol–water partition coefficient (Wildman–Crippen LogP) is 6.56. The fourth-order valence-corrected chi connectivity index (χ4v) is 6.75. The van der Waals surface area contributed by atoms with E-state index in [4.69, 9.17) is 39.4 Å². The molecule has 1 aliphatic carbocycles. The number of hydrogen-bond donors (Lipinski definition) is 3. The van der Waals surface area contributed by atoms with Gasteiger partial charge in [-0.25, -0.2) is 4.40 Å². The molecule has 2 atom stereocenters. The molecule has 1 amide bonds. The Balaban J connectivity index is 1.96. The Bertz CT molecular complexity index is 1500. The van der Waals surface area contributed by atoms with E-state index in [1.165, 1.54) is 0 Å². The first-order chi connectivity index (χ1) is 18.4. The molecule has 0 spiro atoms. The molecule has 5 N–H and O–H groups in total. The number of nitrogens with one attached hydrogen (secondary N) is 1. The topological polar surface area (TPSA) is 133 Å². The van der Waals surface area contributed by atoms with E-state index in [2.05, 4.69) is 53.5 Å². The summed E-state index contributed by atoms with van der Waals surface area (Å²) in [5, 5.41) is 0.441. The van der Waals surface area contributed by atoms with Gasteiger partial charge in [0.05, 0.1) is 11.5 Å². The number of primary amides is 1. The zero-order valence-corrected chi connectivity index (χ0v) is 25.5. The third-order valence-electron chi connectivity index (χ3n) is 8.27. The van der Waals surface area contributed by atoms with E-state index in [-0.39, 0.29) is 45.0 Å². The summed E-state index contributed by atoms with van der Waals surface area (Å²) in [6.45, 7) is 15.2. The highest BCUT2D eigenvalue weighted by atomic mass is 35.5. The Kier molecular flexibility index (Phi) is 7.84. The monoisotopic (exact) mass is 588 g/mol. The quantitative estimate of drug-likeness (QED) is 0.297. The number of nitrogens with two attached hydrogens (primary N) is 2. The van der Waals surface area contributed by atoms with Gasteiger partial charge in [0.1, 0.15) is 16.5 Å². The Hall–Kier alpha value is -2.97. The highest BCUT2D eigenvalue weighted by Crippen LogP contribution is 2.53. The van der Waals surface area contributed by atoms with Crippen LogP contribution in [0.3, 0.4) is 0 Å². The van der Waals surface area contributed by atoms with Gasteiger partial charge in [-0.1, -0.05) is 83.8 Å². The number of nitrogens with zero attached hydrogens (tertiary/aromatic N) is 1. The van der Waals surface area contributed by atoms with Crippen LogP contribution in [-0.4, -0.2) is 21.3 Å². The minimum Gasteiger partial charge on any atom is -0.422 e. The summed E-state index contributed by atoms with van der Waals surface area (Å²) in [6.07, 6.45) is 1.78. The predicted molar refractivity (Wildman–Crippen MR) is 160 cm³/mol. The SMILES string of the molecule is CC1CC(C(C)(C)C)C(C(=O)Oc2c(-c3ccc(Cl)cc3)c(Cl)n3c(=O)c(C(N)=O)c(N)[nH]c23)C(C(C)(C)C)C1. The number of fused-ring (bicyclic) bond motifs is 1. The number of anilines is 1. The largest absolute Gasteiger partial charge is 0.422 e. The summed E-state index contributed by atoms with van der Waals surface area (Å²) in [7, 11) is 0. The number of amides is 1. The number of ether oxygens (including phenoxy) is 1. The van der Waals surface area contributed by atoms with Crippen molar-refractivity contribution in [3.05, 3.63) is 50.4 Å². The minimum atomic E-state index is -1.01. The molecular weight excluding hydrogens is 551 g/mol. The normalized spacial score (nSPS) is 21.9. The van der Waals surface area contributed by atoms with E-state index < -0.39 is 28.9 Å². The molecule has 0 radical (unpaired) electrons. The number of aromatic amines is 1. The Morgan fingerprint density at radius 3 is 2.00 bits per heavy atom. The Morgan fingerprint density at radius 2 is 1.52 bits per heavy atom. The maximum atomic E-state index is 14.3. The van der Waals surface area contributed by atoms with E-state index in [1.807, 2.05) is 0 Å². The number of H-pyrrole nitrogens is 1. The van der Waals surface area contributed by atoms with Gasteiger partial charge in [-0.3, -0.25) is 14.4 Å². The maximum Gasteiger partial charge on any atom is 0.315 e. The highest BCUT2D eigenvalue weighted by molar-refractivity contribution is 6.34. The molecule has 40 heavy (non-hydrogen) atoms. The number of halogens is 2. The molecule has 2 heterocycles. The molecule has 2 aromatic heterocycles. The lowest BCUT2D eigenvalue weighted by atomic mass is 9.55. The van der Waals surface area contributed by atoms with E-state index >= 15 is 0 Å². The number of rotatable bonds is 4. The van der Waals surface area contributed by atoms with Crippen molar-refractivity contribution in [3.8, 4) is 16.9 Å². The van der Waals surface area contributed by atoms with Crippen LogP contribution in [0.15, 0.2) is 29.1 Å². The second-order valence-electron chi connectivity index (χ2n) is 13.2. The first-order valence-corrected chi connectivity index (χ1v) is 14.2. The zero-order valence-electron chi connectivity index (χ0n) is 24.0. The summed E-state index contributed by atoms with van der Waals surface area (Å²) in [4.78, 5) is 42.6. The van der Waals surface area contributed by atoms with Crippen LogP contribution in [-0.2, 0) is 4.79 Å². The van der Waals surface area contributed by atoms with Gasteiger partial charge in [0.25, 0.3) is 11.5 Å². The summed E-state index contributed by atoms with van der Waals surface area (Å²) >= 11 is 12.9. The molecule has 10 heteroatoms. The van der Waals surface area contributed by atoms with Crippen LogP contribution >= 0.6 is 23.2 Å². The summed E-state index contributed by atoms with van der Waals surface area (Å²) in [5.74, 6) is -1.43. The van der Waals surface area contributed by atoms with Gasteiger partial charge >= 0.3 is 5.97 Å². The molecule has 1 aromatic carbocycles. The van der Waals surface area contributed by atoms with Gasteiger partial charge in [0.2, 0.25) is 0 Å². The van der Waals surface area contributed by atoms with Crippen molar-refractivity contribution >= 4 is 46.5 Å². The molecule has 3 aromatic rings. The van der Waals surface area contributed by atoms with Crippen molar-refractivity contribution in [2.75, 3.05) is 5.73 Å². The lowest BCUT2D eigenvalue weighted by Gasteiger charge is -2.49. The second-order valence-corrected chi connectivity index (χ2v) is 14.0. The van der Waals surface area contributed by atoms with Crippen molar-refractivity contribution in [1.29, 1.82) is 0 Å². The second kappa shape index (κ2) is 10.5. The zero-order chi connectivity index (χ0) is 29.9. The Labute approximate surface area is 244 Å². The number of esters is 1. The first kappa shape index (κ1) is 30.0. The van der Waals surface area contributed by atoms with E-state index in [9.17, 15) is 14.4 Å². The number of hydrogen-bond acceptors (Lipinski definition) is 5. The molecule has 1 fully saturated rings. The van der Waals surface area contributed by atoms with Crippen LogP contribution in [0.25, 0.3) is 16.8 Å².